The third-order valence-corrected chi connectivity index (χ3v) is 3.36. The first kappa shape index (κ1) is 10.7. The van der Waals surface area contributed by atoms with Crippen molar-refractivity contribution in [3.8, 4) is 0 Å². The van der Waals surface area contributed by atoms with Crippen molar-refractivity contribution in [2.24, 2.45) is 5.92 Å². The average molecular weight is 271 g/mol. The molecule has 2 rings (SSSR count). The van der Waals surface area contributed by atoms with Gasteiger partial charge in [0, 0.05) is 18.8 Å². The highest BCUT2D eigenvalue weighted by Crippen LogP contribution is 2.32. The minimum Gasteiger partial charge on any atom is -0.368 e. The van der Waals surface area contributed by atoms with E-state index < -0.39 is 0 Å². The van der Waals surface area contributed by atoms with Gasteiger partial charge >= 0.3 is 0 Å². The highest BCUT2D eigenvalue weighted by molar-refractivity contribution is 9.10. The van der Waals surface area contributed by atoms with Crippen molar-refractivity contribution < 1.29 is 0 Å². The molecule has 0 amide bonds. The summed E-state index contributed by atoms with van der Waals surface area (Å²) < 4.78 is 0.914. The van der Waals surface area contributed by atoms with Gasteiger partial charge in [0.2, 0.25) is 5.95 Å². The minimum absolute atomic E-state index is 0.333. The Morgan fingerprint density at radius 2 is 2.27 bits per heavy atom. The van der Waals surface area contributed by atoms with Crippen molar-refractivity contribution in [3.05, 3.63) is 10.7 Å². The van der Waals surface area contributed by atoms with Crippen LogP contribution >= 0.6 is 15.9 Å². The van der Waals surface area contributed by atoms with Gasteiger partial charge in [0.25, 0.3) is 0 Å². The van der Waals surface area contributed by atoms with Gasteiger partial charge in [-0.3, -0.25) is 0 Å². The Balaban J connectivity index is 2.32. The van der Waals surface area contributed by atoms with E-state index in [1.807, 2.05) is 0 Å². The van der Waals surface area contributed by atoms with E-state index >= 15 is 0 Å². The first-order chi connectivity index (χ1) is 7.08. The zero-order valence-corrected chi connectivity index (χ0v) is 10.5. The number of anilines is 2. The Morgan fingerprint density at radius 3 is 2.87 bits per heavy atom. The molecule has 1 aliphatic rings. The number of nitrogens with two attached hydrogens (primary N) is 1. The predicted octanol–water partition coefficient (Wildman–Crippen LogP) is 2.06. The molecule has 1 saturated heterocycles. The summed E-state index contributed by atoms with van der Waals surface area (Å²) >= 11 is 3.47. The molecule has 1 aromatic rings. The minimum atomic E-state index is 0.333. The summed E-state index contributed by atoms with van der Waals surface area (Å²) in [5, 5.41) is 0. The Kier molecular flexibility index (Phi) is 2.82. The van der Waals surface area contributed by atoms with E-state index in [2.05, 4.69) is 44.6 Å². The molecule has 5 heteroatoms. The lowest BCUT2D eigenvalue weighted by atomic mass is 10.1. The fourth-order valence-corrected chi connectivity index (χ4v) is 2.59. The van der Waals surface area contributed by atoms with Crippen LogP contribution < -0.4 is 10.6 Å². The topological polar surface area (TPSA) is 55.0 Å². The molecule has 0 radical (unpaired) electrons. The van der Waals surface area contributed by atoms with E-state index in [1.165, 1.54) is 6.42 Å². The van der Waals surface area contributed by atoms with Gasteiger partial charge in [0.1, 0.15) is 5.82 Å². The fraction of sp³-hybridized carbons (Fsp3) is 0.600. The van der Waals surface area contributed by atoms with Crippen LogP contribution in [-0.4, -0.2) is 22.6 Å². The van der Waals surface area contributed by atoms with Crippen LogP contribution in [0.1, 0.15) is 20.3 Å². The zero-order valence-electron chi connectivity index (χ0n) is 8.94. The number of nitrogens with zero attached hydrogens (tertiary/aromatic N) is 3. The first-order valence-corrected chi connectivity index (χ1v) is 5.92. The van der Waals surface area contributed by atoms with Gasteiger partial charge in [0.05, 0.1) is 4.47 Å². The van der Waals surface area contributed by atoms with E-state index in [1.54, 1.807) is 6.20 Å². The number of rotatable bonds is 1. The SMILES string of the molecule is CC1CC(C)N(c2nc(N)ncc2Br)C1. The lowest BCUT2D eigenvalue weighted by Gasteiger charge is -2.23. The molecule has 1 fully saturated rings. The summed E-state index contributed by atoms with van der Waals surface area (Å²) in [6.45, 7) is 5.51. The highest BCUT2D eigenvalue weighted by atomic mass is 79.9. The molecule has 4 nitrogen and oxygen atoms in total. The second-order valence-electron chi connectivity index (χ2n) is 4.24. The molecular formula is C10H15BrN4. The monoisotopic (exact) mass is 270 g/mol. The summed E-state index contributed by atoms with van der Waals surface area (Å²) in [5.74, 6) is 1.96. The molecule has 0 aliphatic carbocycles. The van der Waals surface area contributed by atoms with Crippen LogP contribution in [0, 0.1) is 5.92 Å². The zero-order chi connectivity index (χ0) is 11.0. The normalized spacial score (nSPS) is 25.9. The van der Waals surface area contributed by atoms with Crippen LogP contribution in [0.5, 0.6) is 0 Å². The van der Waals surface area contributed by atoms with Crippen LogP contribution in [0.15, 0.2) is 10.7 Å². The molecule has 0 spiro atoms. The van der Waals surface area contributed by atoms with Gasteiger partial charge in [-0.2, -0.15) is 4.98 Å². The van der Waals surface area contributed by atoms with Crippen molar-refractivity contribution in [2.45, 2.75) is 26.3 Å². The first-order valence-electron chi connectivity index (χ1n) is 5.12. The summed E-state index contributed by atoms with van der Waals surface area (Å²) in [6.07, 6.45) is 2.92. The van der Waals surface area contributed by atoms with Crippen LogP contribution in [0.4, 0.5) is 11.8 Å². The molecule has 0 bridgehead atoms. The standard InChI is InChI=1S/C10H15BrN4/c1-6-3-7(2)15(5-6)9-8(11)4-13-10(12)14-9/h4,6-7H,3,5H2,1-2H3,(H2,12,13,14). The number of hydrogen-bond donors (Lipinski definition) is 1. The molecule has 15 heavy (non-hydrogen) atoms. The molecule has 1 aliphatic heterocycles. The largest absolute Gasteiger partial charge is 0.368 e. The van der Waals surface area contributed by atoms with Gasteiger partial charge in [-0.1, -0.05) is 6.92 Å². The quantitative estimate of drug-likeness (QED) is 0.849. The maximum atomic E-state index is 5.61. The number of nitrogen functional groups attached to an aromatic ring is 1. The summed E-state index contributed by atoms with van der Waals surface area (Å²) in [7, 11) is 0. The highest BCUT2D eigenvalue weighted by Gasteiger charge is 2.28. The van der Waals surface area contributed by atoms with Crippen molar-refractivity contribution in [1.82, 2.24) is 9.97 Å². The molecule has 1 aromatic heterocycles. The van der Waals surface area contributed by atoms with Crippen LogP contribution in [-0.2, 0) is 0 Å². The van der Waals surface area contributed by atoms with Gasteiger partial charge in [-0.25, -0.2) is 4.98 Å². The molecule has 2 atom stereocenters. The van der Waals surface area contributed by atoms with Gasteiger partial charge < -0.3 is 10.6 Å². The van der Waals surface area contributed by atoms with Crippen molar-refractivity contribution in [1.29, 1.82) is 0 Å². The second kappa shape index (κ2) is 3.96. The summed E-state index contributed by atoms with van der Waals surface area (Å²) in [6, 6.07) is 0.519. The lowest BCUT2D eigenvalue weighted by molar-refractivity contribution is 0.625. The molecular weight excluding hydrogens is 256 g/mol. The molecule has 0 saturated carbocycles. The van der Waals surface area contributed by atoms with Crippen LogP contribution in [0.2, 0.25) is 0 Å². The van der Waals surface area contributed by atoms with E-state index in [-0.39, 0.29) is 0 Å². The van der Waals surface area contributed by atoms with E-state index in [9.17, 15) is 0 Å². The lowest BCUT2D eigenvalue weighted by Crippen LogP contribution is -2.28. The average Bonchev–Trinajstić information content (AvgIpc) is 2.50. The fourth-order valence-electron chi connectivity index (χ4n) is 2.17. The Morgan fingerprint density at radius 1 is 1.53 bits per heavy atom. The molecule has 2 N–H and O–H groups in total. The van der Waals surface area contributed by atoms with Crippen LogP contribution in [0.25, 0.3) is 0 Å². The molecule has 2 unspecified atom stereocenters. The third kappa shape index (κ3) is 2.07. The van der Waals surface area contributed by atoms with Gasteiger partial charge in [0.15, 0.2) is 0 Å². The van der Waals surface area contributed by atoms with Crippen molar-refractivity contribution in [3.63, 3.8) is 0 Å². The number of halogens is 1. The van der Waals surface area contributed by atoms with Crippen molar-refractivity contribution in [2.75, 3.05) is 17.2 Å². The maximum Gasteiger partial charge on any atom is 0.222 e. The predicted molar refractivity (Wildman–Crippen MR) is 64.7 cm³/mol. The Labute approximate surface area is 98.0 Å². The molecule has 82 valence electrons. The third-order valence-electron chi connectivity index (χ3n) is 2.80. The van der Waals surface area contributed by atoms with Crippen LogP contribution in [0.3, 0.4) is 0 Å². The number of aromatic nitrogens is 2. The van der Waals surface area contributed by atoms with Gasteiger partial charge in [-0.05, 0) is 35.2 Å². The summed E-state index contributed by atoms with van der Waals surface area (Å²) in [5.41, 5.74) is 5.61. The summed E-state index contributed by atoms with van der Waals surface area (Å²) in [4.78, 5) is 10.5. The van der Waals surface area contributed by atoms with E-state index in [0.717, 1.165) is 16.8 Å². The van der Waals surface area contributed by atoms with Gasteiger partial charge in [-0.15, -0.1) is 0 Å². The maximum absolute atomic E-state index is 5.61. The van der Waals surface area contributed by atoms with E-state index in [4.69, 9.17) is 5.73 Å². The molecule has 2 heterocycles. The smallest absolute Gasteiger partial charge is 0.222 e. The van der Waals surface area contributed by atoms with E-state index in [0.29, 0.717) is 17.9 Å². The number of hydrogen-bond acceptors (Lipinski definition) is 4. The second-order valence-corrected chi connectivity index (χ2v) is 5.10. The van der Waals surface area contributed by atoms with Crippen molar-refractivity contribution >= 4 is 27.7 Å². The Hall–Kier alpha value is -0.840. The molecule has 0 aromatic carbocycles. The Bertz CT molecular complexity index is 368.